The van der Waals surface area contributed by atoms with Crippen molar-refractivity contribution in [1.82, 2.24) is 15.2 Å². The molecule has 1 amide bonds. The summed E-state index contributed by atoms with van der Waals surface area (Å²) in [4.78, 5) is 19.8. The Morgan fingerprint density at radius 2 is 2.13 bits per heavy atom. The lowest BCUT2D eigenvalue weighted by atomic mass is 10.1. The minimum Gasteiger partial charge on any atom is -0.387 e. The van der Waals surface area contributed by atoms with E-state index in [-0.39, 0.29) is 12.5 Å². The van der Waals surface area contributed by atoms with Gasteiger partial charge in [-0.15, -0.1) is 11.3 Å². The summed E-state index contributed by atoms with van der Waals surface area (Å²) in [6.07, 6.45) is 0. The van der Waals surface area contributed by atoms with Crippen LogP contribution in [0.15, 0.2) is 29.6 Å². The Morgan fingerprint density at radius 1 is 1.39 bits per heavy atom. The average molecular weight is 333 g/mol. The van der Waals surface area contributed by atoms with Gasteiger partial charge in [0.15, 0.2) is 0 Å². The molecule has 0 bridgehead atoms. The van der Waals surface area contributed by atoms with Gasteiger partial charge in [-0.3, -0.25) is 9.78 Å². The Labute approximate surface area is 141 Å². The molecule has 0 saturated heterocycles. The van der Waals surface area contributed by atoms with Crippen molar-refractivity contribution >= 4 is 17.2 Å². The number of aromatic nitrogens is 1. The van der Waals surface area contributed by atoms with Crippen LogP contribution in [0.1, 0.15) is 23.0 Å². The summed E-state index contributed by atoms with van der Waals surface area (Å²) < 4.78 is 0. The fraction of sp³-hybridized carbons (Fsp3) is 0.412. The topological polar surface area (TPSA) is 65.5 Å². The second-order valence-electron chi connectivity index (χ2n) is 6.22. The van der Waals surface area contributed by atoms with E-state index >= 15 is 0 Å². The maximum atomic E-state index is 12.3. The van der Waals surface area contributed by atoms with Crippen molar-refractivity contribution in [1.29, 1.82) is 0 Å². The molecule has 23 heavy (non-hydrogen) atoms. The highest BCUT2D eigenvalue weighted by Crippen LogP contribution is 2.23. The zero-order valence-corrected chi connectivity index (χ0v) is 14.8. The first-order valence-electron chi connectivity index (χ1n) is 7.45. The molecule has 0 aromatic carbocycles. The lowest BCUT2D eigenvalue weighted by Gasteiger charge is -2.27. The minimum absolute atomic E-state index is 0.191. The quantitative estimate of drug-likeness (QED) is 0.850. The van der Waals surface area contributed by atoms with Gasteiger partial charge in [0.1, 0.15) is 0 Å². The third-order valence-electron chi connectivity index (χ3n) is 3.39. The van der Waals surface area contributed by atoms with Crippen LogP contribution in [-0.2, 0) is 0 Å². The number of rotatable bonds is 6. The van der Waals surface area contributed by atoms with Gasteiger partial charge in [0, 0.05) is 13.1 Å². The van der Waals surface area contributed by atoms with Gasteiger partial charge in [-0.25, -0.2) is 0 Å². The molecule has 2 aromatic rings. The normalized spacial score (nSPS) is 13.8. The molecular formula is C17H23N3O2S. The molecular weight excluding hydrogens is 310 g/mol. The van der Waals surface area contributed by atoms with Crippen molar-refractivity contribution in [2.24, 2.45) is 0 Å². The molecule has 0 aliphatic heterocycles. The monoisotopic (exact) mass is 333 g/mol. The number of nitrogens with one attached hydrogen (secondary N) is 1. The van der Waals surface area contributed by atoms with Gasteiger partial charge < -0.3 is 15.3 Å². The number of carbonyl (C=O) groups is 1. The predicted octanol–water partition coefficient (Wildman–Crippen LogP) is 2.16. The fourth-order valence-corrected chi connectivity index (χ4v) is 3.16. The number of likely N-dealkylation sites (N-methyl/N-ethyl adjacent to an activating group) is 1. The van der Waals surface area contributed by atoms with Crippen LogP contribution in [0.4, 0.5) is 0 Å². The molecule has 124 valence electrons. The SMILES string of the molecule is Cc1nc(-c2cccs2)ccc1C(=O)NCC(C)(O)CN(C)C. The van der Waals surface area contributed by atoms with E-state index in [1.54, 1.807) is 24.3 Å². The predicted molar refractivity (Wildman–Crippen MR) is 93.8 cm³/mol. The van der Waals surface area contributed by atoms with E-state index in [1.165, 1.54) is 0 Å². The van der Waals surface area contributed by atoms with E-state index in [2.05, 4.69) is 10.3 Å². The second kappa shape index (κ2) is 7.21. The van der Waals surface area contributed by atoms with Crippen molar-refractivity contribution in [3.8, 4) is 10.6 Å². The van der Waals surface area contributed by atoms with Crippen LogP contribution in [-0.4, -0.2) is 53.7 Å². The highest BCUT2D eigenvalue weighted by molar-refractivity contribution is 7.13. The molecule has 0 aliphatic rings. The number of aryl methyl sites for hydroxylation is 1. The van der Waals surface area contributed by atoms with Crippen LogP contribution in [0.3, 0.4) is 0 Å². The number of amides is 1. The summed E-state index contributed by atoms with van der Waals surface area (Å²) in [6.45, 7) is 4.19. The van der Waals surface area contributed by atoms with Gasteiger partial charge in [0.05, 0.1) is 27.4 Å². The minimum atomic E-state index is -0.975. The molecule has 0 aliphatic carbocycles. The molecule has 1 unspecified atom stereocenters. The third-order valence-corrected chi connectivity index (χ3v) is 4.28. The van der Waals surface area contributed by atoms with Crippen molar-refractivity contribution in [2.75, 3.05) is 27.2 Å². The van der Waals surface area contributed by atoms with E-state index in [1.807, 2.05) is 49.5 Å². The Morgan fingerprint density at radius 3 is 2.70 bits per heavy atom. The summed E-state index contributed by atoms with van der Waals surface area (Å²) in [5.74, 6) is -0.216. The van der Waals surface area contributed by atoms with E-state index in [0.29, 0.717) is 17.8 Å². The largest absolute Gasteiger partial charge is 0.387 e. The molecule has 1 atom stereocenters. The molecule has 2 N–H and O–H groups in total. The third kappa shape index (κ3) is 4.86. The average Bonchev–Trinajstić information content (AvgIpc) is 2.97. The van der Waals surface area contributed by atoms with Crippen LogP contribution in [0.25, 0.3) is 10.6 Å². The van der Waals surface area contributed by atoms with Gasteiger partial charge >= 0.3 is 0 Å². The van der Waals surface area contributed by atoms with Crippen molar-refractivity contribution in [3.63, 3.8) is 0 Å². The van der Waals surface area contributed by atoms with Gasteiger partial charge in [-0.05, 0) is 51.5 Å². The molecule has 5 nitrogen and oxygen atoms in total. The first-order chi connectivity index (χ1) is 10.8. The van der Waals surface area contributed by atoms with Crippen molar-refractivity contribution < 1.29 is 9.90 Å². The maximum absolute atomic E-state index is 12.3. The zero-order chi connectivity index (χ0) is 17.0. The first-order valence-corrected chi connectivity index (χ1v) is 8.33. The first kappa shape index (κ1) is 17.6. The van der Waals surface area contributed by atoms with E-state index in [0.717, 1.165) is 10.6 Å². The number of hydrogen-bond donors (Lipinski definition) is 2. The van der Waals surface area contributed by atoms with Crippen LogP contribution >= 0.6 is 11.3 Å². The van der Waals surface area contributed by atoms with Crippen LogP contribution in [0.5, 0.6) is 0 Å². The van der Waals surface area contributed by atoms with E-state index < -0.39 is 5.60 Å². The highest BCUT2D eigenvalue weighted by atomic mass is 32.1. The van der Waals surface area contributed by atoms with Gasteiger partial charge in [0.2, 0.25) is 0 Å². The molecule has 0 fully saturated rings. The summed E-state index contributed by atoms with van der Waals surface area (Å²) in [6, 6.07) is 7.62. The van der Waals surface area contributed by atoms with Crippen molar-refractivity contribution in [3.05, 3.63) is 40.9 Å². The standard InChI is InChI=1S/C17H23N3O2S/c1-12-13(7-8-14(19-12)15-6-5-9-23-15)16(21)18-10-17(2,22)11-20(3)4/h5-9,22H,10-11H2,1-4H3,(H,18,21). The smallest absolute Gasteiger partial charge is 0.253 e. The molecule has 0 spiro atoms. The molecule has 2 rings (SSSR count). The molecule has 2 heterocycles. The number of thiophene rings is 1. The van der Waals surface area contributed by atoms with Crippen LogP contribution < -0.4 is 5.32 Å². The molecule has 2 aromatic heterocycles. The summed E-state index contributed by atoms with van der Waals surface area (Å²) in [7, 11) is 3.77. The van der Waals surface area contributed by atoms with Crippen molar-refractivity contribution in [2.45, 2.75) is 19.4 Å². The van der Waals surface area contributed by atoms with Gasteiger partial charge in [-0.1, -0.05) is 6.07 Å². The van der Waals surface area contributed by atoms with E-state index in [4.69, 9.17) is 0 Å². The van der Waals surface area contributed by atoms with Crippen LogP contribution in [0.2, 0.25) is 0 Å². The summed E-state index contributed by atoms with van der Waals surface area (Å²) >= 11 is 1.62. The zero-order valence-electron chi connectivity index (χ0n) is 14.0. The number of aliphatic hydroxyl groups is 1. The number of carbonyl (C=O) groups excluding carboxylic acids is 1. The van der Waals surface area contributed by atoms with Gasteiger partial charge in [-0.2, -0.15) is 0 Å². The summed E-state index contributed by atoms with van der Waals surface area (Å²) in [5.41, 5.74) is 1.11. The summed E-state index contributed by atoms with van der Waals surface area (Å²) in [5, 5.41) is 15.0. The second-order valence-corrected chi connectivity index (χ2v) is 7.17. The lowest BCUT2D eigenvalue weighted by molar-refractivity contribution is 0.0325. The molecule has 0 saturated carbocycles. The van der Waals surface area contributed by atoms with Gasteiger partial charge in [0.25, 0.3) is 5.91 Å². The number of nitrogens with zero attached hydrogens (tertiary/aromatic N) is 2. The Hall–Kier alpha value is -1.76. The molecule has 6 heteroatoms. The van der Waals surface area contributed by atoms with E-state index in [9.17, 15) is 9.90 Å². The Kier molecular flexibility index (Phi) is 5.51. The highest BCUT2D eigenvalue weighted by Gasteiger charge is 2.23. The Bertz CT molecular complexity index is 666. The number of pyridine rings is 1. The Balaban J connectivity index is 2.05. The maximum Gasteiger partial charge on any atom is 0.253 e. The van der Waals surface area contributed by atoms with Crippen LogP contribution in [0, 0.1) is 6.92 Å². The lowest BCUT2D eigenvalue weighted by Crippen LogP contribution is -2.47. The molecule has 0 radical (unpaired) electrons. The number of hydrogen-bond acceptors (Lipinski definition) is 5. The fourth-order valence-electron chi connectivity index (χ4n) is 2.47.